The minimum Gasteiger partial charge on any atom is -0.366 e. The van der Waals surface area contributed by atoms with Crippen LogP contribution in [0.4, 0.5) is 5.82 Å². The Morgan fingerprint density at radius 2 is 2.22 bits per heavy atom. The first kappa shape index (κ1) is 16.2. The molecular weight excluding hydrogens is 308 g/mol. The van der Waals surface area contributed by atoms with E-state index in [4.69, 9.17) is 0 Å². The van der Waals surface area contributed by atoms with Crippen LogP contribution in [-0.4, -0.2) is 40.4 Å². The fourth-order valence-electron chi connectivity index (χ4n) is 3.06. The molecule has 0 aliphatic carbocycles. The molecule has 0 saturated carbocycles. The summed E-state index contributed by atoms with van der Waals surface area (Å²) in [5, 5.41) is 6.86. The van der Waals surface area contributed by atoms with Gasteiger partial charge in [0.1, 0.15) is 16.5 Å². The SMILES string of the molecule is Cc1nc(NC2CCN(C)C(=O)C2)c2c(CC(C)C)csc2n1. The van der Waals surface area contributed by atoms with E-state index in [1.165, 1.54) is 5.56 Å². The van der Waals surface area contributed by atoms with E-state index in [1.807, 2.05) is 14.0 Å². The van der Waals surface area contributed by atoms with Crippen molar-refractivity contribution in [3.05, 3.63) is 16.8 Å². The van der Waals surface area contributed by atoms with Crippen LogP contribution in [0.1, 0.15) is 38.1 Å². The number of thiophene rings is 1. The van der Waals surface area contributed by atoms with Crippen LogP contribution in [0, 0.1) is 12.8 Å². The van der Waals surface area contributed by atoms with Gasteiger partial charge >= 0.3 is 0 Å². The quantitative estimate of drug-likeness (QED) is 0.934. The van der Waals surface area contributed by atoms with Crippen LogP contribution < -0.4 is 5.32 Å². The molecule has 2 aromatic heterocycles. The number of amides is 1. The van der Waals surface area contributed by atoms with Crippen LogP contribution in [0.15, 0.2) is 5.38 Å². The molecule has 0 spiro atoms. The van der Waals surface area contributed by atoms with Gasteiger partial charge in [0.25, 0.3) is 0 Å². The molecule has 3 heterocycles. The monoisotopic (exact) mass is 332 g/mol. The smallest absolute Gasteiger partial charge is 0.224 e. The van der Waals surface area contributed by atoms with Crippen molar-refractivity contribution in [2.24, 2.45) is 5.92 Å². The van der Waals surface area contributed by atoms with Gasteiger partial charge in [-0.2, -0.15) is 0 Å². The molecule has 1 atom stereocenters. The first-order valence-corrected chi connectivity index (χ1v) is 9.07. The average Bonchev–Trinajstić information content (AvgIpc) is 2.85. The van der Waals surface area contributed by atoms with Gasteiger partial charge in [0.2, 0.25) is 5.91 Å². The number of anilines is 1. The number of aromatic nitrogens is 2. The molecule has 1 fully saturated rings. The van der Waals surface area contributed by atoms with E-state index >= 15 is 0 Å². The Kier molecular flexibility index (Phi) is 4.53. The first-order chi connectivity index (χ1) is 10.9. The Morgan fingerprint density at radius 1 is 1.43 bits per heavy atom. The molecule has 1 unspecified atom stereocenters. The number of piperidine rings is 1. The molecular formula is C17H24N4OS. The Morgan fingerprint density at radius 3 is 2.91 bits per heavy atom. The van der Waals surface area contributed by atoms with Gasteiger partial charge in [-0.05, 0) is 36.6 Å². The molecule has 1 aliphatic heterocycles. The van der Waals surface area contributed by atoms with Crippen molar-refractivity contribution in [3.8, 4) is 0 Å². The second kappa shape index (κ2) is 6.43. The Labute approximate surface area is 141 Å². The Bertz CT molecular complexity index is 725. The number of aryl methyl sites for hydroxylation is 1. The van der Waals surface area contributed by atoms with Crippen molar-refractivity contribution in [2.45, 2.75) is 46.1 Å². The van der Waals surface area contributed by atoms with Crippen molar-refractivity contribution in [2.75, 3.05) is 18.9 Å². The van der Waals surface area contributed by atoms with Crippen LogP contribution in [0.3, 0.4) is 0 Å². The van der Waals surface area contributed by atoms with E-state index in [0.29, 0.717) is 12.3 Å². The zero-order valence-corrected chi connectivity index (χ0v) is 15.0. The molecule has 2 aromatic rings. The van der Waals surface area contributed by atoms with E-state index < -0.39 is 0 Å². The molecule has 23 heavy (non-hydrogen) atoms. The fraction of sp³-hybridized carbons (Fsp3) is 0.588. The Balaban J connectivity index is 1.92. The van der Waals surface area contributed by atoms with Crippen molar-refractivity contribution in [3.63, 3.8) is 0 Å². The number of hydrogen-bond acceptors (Lipinski definition) is 5. The summed E-state index contributed by atoms with van der Waals surface area (Å²) in [6, 6.07) is 0.156. The van der Waals surface area contributed by atoms with Crippen LogP contribution in [0.25, 0.3) is 10.2 Å². The Hall–Kier alpha value is -1.69. The maximum absolute atomic E-state index is 11.9. The fourth-order valence-corrected chi connectivity index (χ4v) is 4.06. The van der Waals surface area contributed by atoms with E-state index in [0.717, 1.165) is 41.2 Å². The molecule has 6 heteroatoms. The number of rotatable bonds is 4. The summed E-state index contributed by atoms with van der Waals surface area (Å²) in [4.78, 5) is 24.0. The lowest BCUT2D eigenvalue weighted by atomic mass is 10.0. The van der Waals surface area contributed by atoms with Gasteiger partial charge in [-0.25, -0.2) is 9.97 Å². The van der Waals surface area contributed by atoms with E-state index in [9.17, 15) is 4.79 Å². The second-order valence-corrected chi connectivity index (χ2v) is 7.67. The molecule has 0 aromatic carbocycles. The van der Waals surface area contributed by atoms with E-state index in [1.54, 1.807) is 16.2 Å². The average molecular weight is 332 g/mol. The van der Waals surface area contributed by atoms with Gasteiger partial charge in [0, 0.05) is 26.1 Å². The third kappa shape index (κ3) is 3.47. The van der Waals surface area contributed by atoms with E-state index in [-0.39, 0.29) is 11.9 Å². The summed E-state index contributed by atoms with van der Waals surface area (Å²) in [6.45, 7) is 7.17. The summed E-state index contributed by atoms with van der Waals surface area (Å²) in [6.07, 6.45) is 2.51. The van der Waals surface area contributed by atoms with Gasteiger partial charge in [-0.3, -0.25) is 4.79 Å². The van der Waals surface area contributed by atoms with Crippen LogP contribution in [0.5, 0.6) is 0 Å². The second-order valence-electron chi connectivity index (χ2n) is 6.81. The molecule has 0 bridgehead atoms. The van der Waals surface area contributed by atoms with Gasteiger partial charge in [-0.15, -0.1) is 11.3 Å². The first-order valence-electron chi connectivity index (χ1n) is 8.19. The summed E-state index contributed by atoms with van der Waals surface area (Å²) in [5.41, 5.74) is 1.31. The summed E-state index contributed by atoms with van der Waals surface area (Å²) in [5.74, 6) is 2.46. The normalized spacial score (nSPS) is 18.9. The van der Waals surface area contributed by atoms with Crippen molar-refractivity contribution in [1.29, 1.82) is 0 Å². The highest BCUT2D eigenvalue weighted by Crippen LogP contribution is 2.32. The highest BCUT2D eigenvalue weighted by molar-refractivity contribution is 7.17. The van der Waals surface area contributed by atoms with Crippen LogP contribution >= 0.6 is 11.3 Å². The number of likely N-dealkylation sites (tertiary alicyclic amines) is 1. The predicted molar refractivity (Wildman–Crippen MR) is 95.0 cm³/mol. The standard InChI is InChI=1S/C17H24N4OS/c1-10(2)7-12-9-23-17-15(12)16(18-11(3)19-17)20-13-5-6-21(4)14(22)8-13/h9-10,13H,5-8H2,1-4H3,(H,18,19,20). The lowest BCUT2D eigenvalue weighted by Crippen LogP contribution is -2.41. The molecule has 1 aliphatic rings. The zero-order valence-electron chi connectivity index (χ0n) is 14.2. The van der Waals surface area contributed by atoms with Gasteiger partial charge < -0.3 is 10.2 Å². The van der Waals surface area contributed by atoms with E-state index in [2.05, 4.69) is 34.5 Å². The molecule has 1 saturated heterocycles. The molecule has 1 amide bonds. The van der Waals surface area contributed by atoms with Gasteiger partial charge in [0.05, 0.1) is 5.39 Å². The highest BCUT2D eigenvalue weighted by Gasteiger charge is 2.24. The van der Waals surface area contributed by atoms with Crippen LogP contribution in [-0.2, 0) is 11.2 Å². The maximum atomic E-state index is 11.9. The van der Waals surface area contributed by atoms with Crippen LogP contribution in [0.2, 0.25) is 0 Å². The van der Waals surface area contributed by atoms with Gasteiger partial charge in [-0.1, -0.05) is 13.8 Å². The number of hydrogen-bond donors (Lipinski definition) is 1. The number of nitrogens with zero attached hydrogens (tertiary/aromatic N) is 3. The third-order valence-electron chi connectivity index (χ3n) is 4.25. The van der Waals surface area contributed by atoms with Crippen molar-refractivity contribution in [1.82, 2.24) is 14.9 Å². The largest absolute Gasteiger partial charge is 0.366 e. The number of carbonyl (C=O) groups excluding carboxylic acids is 1. The minimum absolute atomic E-state index is 0.156. The van der Waals surface area contributed by atoms with Crippen molar-refractivity contribution >= 4 is 33.3 Å². The summed E-state index contributed by atoms with van der Waals surface area (Å²) >= 11 is 1.68. The lowest BCUT2D eigenvalue weighted by Gasteiger charge is -2.29. The number of nitrogens with one attached hydrogen (secondary N) is 1. The third-order valence-corrected chi connectivity index (χ3v) is 5.17. The summed E-state index contributed by atoms with van der Waals surface area (Å²) in [7, 11) is 1.87. The molecule has 1 N–H and O–H groups in total. The number of fused-ring (bicyclic) bond motifs is 1. The molecule has 5 nitrogen and oxygen atoms in total. The summed E-state index contributed by atoms with van der Waals surface area (Å²) < 4.78 is 0. The minimum atomic E-state index is 0.156. The highest BCUT2D eigenvalue weighted by atomic mass is 32.1. The molecule has 0 radical (unpaired) electrons. The molecule has 124 valence electrons. The lowest BCUT2D eigenvalue weighted by molar-refractivity contribution is -0.132. The topological polar surface area (TPSA) is 58.1 Å². The number of carbonyl (C=O) groups is 1. The zero-order chi connectivity index (χ0) is 16.6. The molecule has 3 rings (SSSR count). The van der Waals surface area contributed by atoms with Crippen molar-refractivity contribution < 1.29 is 4.79 Å². The van der Waals surface area contributed by atoms with Gasteiger partial charge in [0.15, 0.2) is 0 Å². The predicted octanol–water partition coefficient (Wildman–Crippen LogP) is 3.23. The maximum Gasteiger partial charge on any atom is 0.224 e.